The van der Waals surface area contributed by atoms with E-state index in [1.54, 1.807) is 30.3 Å². The molecule has 150 valence electrons. The minimum absolute atomic E-state index is 0.140. The number of imide groups is 1. The minimum atomic E-state index is -0.536. The number of halogens is 1. The third-order valence-electron chi connectivity index (χ3n) is 4.42. The number of hydrogen-bond donors (Lipinski definition) is 0. The zero-order valence-corrected chi connectivity index (χ0v) is 16.9. The zero-order chi connectivity index (χ0) is 21.3. The topological polar surface area (TPSA) is 93.7 Å². The number of hydrogen-bond acceptors (Lipinski definition) is 6. The van der Waals surface area contributed by atoms with Crippen molar-refractivity contribution in [2.24, 2.45) is 0 Å². The molecular formula is C21H13ClN2O5S. The molecule has 0 aliphatic carbocycles. The first-order chi connectivity index (χ1) is 14.4. The number of nitro groups is 1. The molecule has 0 N–H and O–H groups in total. The van der Waals surface area contributed by atoms with E-state index in [0.29, 0.717) is 16.5 Å². The van der Waals surface area contributed by atoms with Crippen molar-refractivity contribution < 1.29 is 18.9 Å². The molecule has 4 rings (SSSR count). The van der Waals surface area contributed by atoms with Crippen LogP contribution in [0.5, 0.6) is 0 Å². The predicted octanol–water partition coefficient (Wildman–Crippen LogP) is 5.74. The van der Waals surface area contributed by atoms with Crippen LogP contribution in [0, 0.1) is 10.1 Å². The molecule has 0 atom stereocenters. The van der Waals surface area contributed by atoms with Gasteiger partial charge in [0.1, 0.15) is 11.5 Å². The van der Waals surface area contributed by atoms with E-state index in [0.717, 1.165) is 22.2 Å². The average molecular weight is 441 g/mol. The first kappa shape index (κ1) is 19.9. The Morgan fingerprint density at radius 2 is 1.80 bits per heavy atom. The van der Waals surface area contributed by atoms with Crippen LogP contribution in [0.2, 0.25) is 5.02 Å². The Morgan fingerprint density at radius 3 is 2.53 bits per heavy atom. The molecule has 3 aromatic rings. The second-order valence-electron chi connectivity index (χ2n) is 6.36. The molecule has 2 heterocycles. The van der Waals surface area contributed by atoms with Crippen LogP contribution >= 0.6 is 23.4 Å². The number of furan rings is 1. The highest BCUT2D eigenvalue weighted by Crippen LogP contribution is 2.35. The first-order valence-electron chi connectivity index (χ1n) is 8.76. The Morgan fingerprint density at radius 1 is 1.07 bits per heavy atom. The number of thioether (sulfide) groups is 1. The first-order valence-corrected chi connectivity index (χ1v) is 9.95. The van der Waals surface area contributed by atoms with Crippen LogP contribution in [-0.2, 0) is 11.3 Å². The number of amides is 2. The maximum atomic E-state index is 12.7. The summed E-state index contributed by atoms with van der Waals surface area (Å²) in [6.45, 7) is -0.173. The number of rotatable bonds is 5. The van der Waals surface area contributed by atoms with Gasteiger partial charge >= 0.3 is 0 Å². The van der Waals surface area contributed by atoms with Crippen LogP contribution in [-0.4, -0.2) is 21.0 Å². The lowest BCUT2D eigenvalue weighted by Gasteiger charge is -2.12. The molecule has 0 bridgehead atoms. The highest BCUT2D eigenvalue weighted by atomic mass is 35.5. The van der Waals surface area contributed by atoms with Crippen LogP contribution in [0.4, 0.5) is 10.5 Å². The van der Waals surface area contributed by atoms with Gasteiger partial charge in [-0.05, 0) is 48.2 Å². The Bertz CT molecular complexity index is 1190. The van der Waals surface area contributed by atoms with Crippen molar-refractivity contribution in [3.8, 4) is 11.3 Å². The largest absolute Gasteiger partial charge is 0.457 e. The van der Waals surface area contributed by atoms with E-state index in [9.17, 15) is 19.7 Å². The van der Waals surface area contributed by atoms with Crippen molar-refractivity contribution in [1.29, 1.82) is 0 Å². The lowest BCUT2D eigenvalue weighted by atomic mass is 10.1. The van der Waals surface area contributed by atoms with Crippen LogP contribution in [0.3, 0.4) is 0 Å². The fraction of sp³-hybridized carbons (Fsp3) is 0.0476. The van der Waals surface area contributed by atoms with E-state index in [4.69, 9.17) is 16.0 Å². The third kappa shape index (κ3) is 4.00. The molecule has 9 heteroatoms. The molecule has 1 saturated heterocycles. The highest BCUT2D eigenvalue weighted by molar-refractivity contribution is 8.18. The van der Waals surface area contributed by atoms with Gasteiger partial charge in [0, 0.05) is 28.3 Å². The number of carbonyl (C=O) groups is 2. The monoisotopic (exact) mass is 440 g/mol. The Kier molecular flexibility index (Phi) is 5.43. The SMILES string of the molecule is O=C1S/C(=C/c2ccc(-c3ccc(Cl)cc3)o2)C(=O)N1Cc1ccccc1[N+](=O)[O-]. The average Bonchev–Trinajstić information content (AvgIpc) is 3.29. The number of benzene rings is 2. The predicted molar refractivity (Wildman–Crippen MR) is 114 cm³/mol. The van der Waals surface area contributed by atoms with Crippen molar-refractivity contribution in [2.75, 3.05) is 0 Å². The summed E-state index contributed by atoms with van der Waals surface area (Å²) in [4.78, 5) is 36.9. The lowest BCUT2D eigenvalue weighted by molar-refractivity contribution is -0.385. The summed E-state index contributed by atoms with van der Waals surface area (Å²) in [5, 5.41) is 11.3. The molecule has 0 radical (unpaired) electrons. The van der Waals surface area contributed by atoms with Gasteiger partial charge in [-0.3, -0.25) is 24.6 Å². The molecule has 1 aliphatic heterocycles. The Hall–Kier alpha value is -3.36. The molecule has 7 nitrogen and oxygen atoms in total. The van der Waals surface area contributed by atoms with Crippen molar-refractivity contribution in [3.63, 3.8) is 0 Å². The summed E-state index contributed by atoms with van der Waals surface area (Å²) in [6, 6.07) is 16.6. The number of carbonyl (C=O) groups excluding carboxylic acids is 2. The van der Waals surface area contributed by atoms with E-state index in [2.05, 4.69) is 0 Å². The molecule has 1 fully saturated rings. The second kappa shape index (κ2) is 8.17. The van der Waals surface area contributed by atoms with E-state index >= 15 is 0 Å². The van der Waals surface area contributed by atoms with E-state index in [-0.39, 0.29) is 22.7 Å². The fourth-order valence-electron chi connectivity index (χ4n) is 2.96. The quantitative estimate of drug-likeness (QED) is 0.285. The summed E-state index contributed by atoms with van der Waals surface area (Å²) >= 11 is 6.66. The molecule has 0 spiro atoms. The van der Waals surface area contributed by atoms with Gasteiger partial charge in [-0.15, -0.1) is 0 Å². The summed E-state index contributed by atoms with van der Waals surface area (Å²) < 4.78 is 5.76. The molecule has 30 heavy (non-hydrogen) atoms. The standard InChI is InChI=1S/C21H13ClN2O5S/c22-15-7-5-13(6-8-15)18-10-9-16(29-18)11-19-20(25)23(21(26)30-19)12-14-3-1-2-4-17(14)24(27)28/h1-11H,12H2/b19-11+. The molecule has 2 amide bonds. The molecule has 2 aromatic carbocycles. The van der Waals surface area contributed by atoms with Crippen LogP contribution in [0.1, 0.15) is 11.3 Å². The van der Waals surface area contributed by atoms with Gasteiger partial charge in [-0.25, -0.2) is 0 Å². The maximum absolute atomic E-state index is 12.7. The Balaban J connectivity index is 1.55. The molecular weight excluding hydrogens is 428 g/mol. The van der Waals surface area contributed by atoms with E-state index in [1.165, 1.54) is 24.3 Å². The number of nitrogens with zero attached hydrogens (tertiary/aromatic N) is 2. The second-order valence-corrected chi connectivity index (χ2v) is 7.79. The molecule has 0 saturated carbocycles. The number of para-hydroxylation sites is 1. The third-order valence-corrected chi connectivity index (χ3v) is 5.58. The van der Waals surface area contributed by atoms with E-state index < -0.39 is 16.1 Å². The van der Waals surface area contributed by atoms with Crippen molar-refractivity contribution >= 4 is 46.3 Å². The van der Waals surface area contributed by atoms with Gasteiger partial charge in [0.2, 0.25) is 0 Å². The molecule has 0 unspecified atom stereocenters. The maximum Gasteiger partial charge on any atom is 0.293 e. The smallest absolute Gasteiger partial charge is 0.293 e. The fourth-order valence-corrected chi connectivity index (χ4v) is 3.90. The summed E-state index contributed by atoms with van der Waals surface area (Å²) in [6.07, 6.45) is 1.49. The van der Waals surface area contributed by atoms with Gasteiger partial charge in [0.05, 0.1) is 16.4 Å². The van der Waals surface area contributed by atoms with Gasteiger partial charge < -0.3 is 4.42 Å². The van der Waals surface area contributed by atoms with Crippen LogP contribution < -0.4 is 0 Å². The van der Waals surface area contributed by atoms with Crippen molar-refractivity contribution in [1.82, 2.24) is 4.90 Å². The highest BCUT2D eigenvalue weighted by Gasteiger charge is 2.36. The normalized spacial score (nSPS) is 15.2. The van der Waals surface area contributed by atoms with E-state index in [1.807, 2.05) is 12.1 Å². The van der Waals surface area contributed by atoms with Gasteiger partial charge in [-0.2, -0.15) is 0 Å². The molecule has 1 aliphatic rings. The van der Waals surface area contributed by atoms with Gasteiger partial charge in [-0.1, -0.05) is 29.8 Å². The van der Waals surface area contributed by atoms with Gasteiger partial charge in [0.15, 0.2) is 0 Å². The van der Waals surface area contributed by atoms with Crippen molar-refractivity contribution in [3.05, 3.63) is 92.0 Å². The summed E-state index contributed by atoms with van der Waals surface area (Å²) in [5.74, 6) is 0.487. The summed E-state index contributed by atoms with van der Waals surface area (Å²) in [5.41, 5.74) is 0.969. The Labute approximate surface area is 180 Å². The van der Waals surface area contributed by atoms with Crippen LogP contribution in [0.15, 0.2) is 70.0 Å². The number of nitro benzene ring substituents is 1. The molecule has 1 aromatic heterocycles. The van der Waals surface area contributed by atoms with Crippen LogP contribution in [0.25, 0.3) is 17.4 Å². The summed E-state index contributed by atoms with van der Waals surface area (Å²) in [7, 11) is 0. The van der Waals surface area contributed by atoms with Crippen molar-refractivity contribution in [2.45, 2.75) is 6.54 Å². The lowest BCUT2D eigenvalue weighted by Crippen LogP contribution is -2.27. The van der Waals surface area contributed by atoms with Gasteiger partial charge in [0.25, 0.3) is 16.8 Å². The minimum Gasteiger partial charge on any atom is -0.457 e. The zero-order valence-electron chi connectivity index (χ0n) is 15.3.